The van der Waals surface area contributed by atoms with Gasteiger partial charge in [-0.3, -0.25) is 9.59 Å². The van der Waals surface area contributed by atoms with E-state index in [1.54, 1.807) is 20.8 Å². The second-order valence-corrected chi connectivity index (χ2v) is 6.52. The molecule has 0 amide bonds. The number of nitrogens with one attached hydrogen (secondary N) is 1. The van der Waals surface area contributed by atoms with E-state index in [4.69, 9.17) is 0 Å². The van der Waals surface area contributed by atoms with Gasteiger partial charge in [0.2, 0.25) is 0 Å². The van der Waals surface area contributed by atoms with Gasteiger partial charge in [0.05, 0.1) is 11.0 Å². The molecule has 1 heterocycles. The van der Waals surface area contributed by atoms with Crippen LogP contribution in [0.15, 0.2) is 40.5 Å². The second kappa shape index (κ2) is 6.19. The van der Waals surface area contributed by atoms with Crippen molar-refractivity contribution in [2.24, 2.45) is 0 Å². The number of hydrogen-bond donors (Lipinski definition) is 1. The lowest BCUT2D eigenvalue weighted by molar-refractivity contribution is -0.116. The van der Waals surface area contributed by atoms with E-state index < -0.39 is 0 Å². The van der Waals surface area contributed by atoms with E-state index >= 15 is 0 Å². The largest absolute Gasteiger partial charge is 0.342 e. The van der Waals surface area contributed by atoms with Gasteiger partial charge in [0.25, 0.3) is 0 Å². The van der Waals surface area contributed by atoms with Gasteiger partial charge in [-0.25, -0.2) is 4.98 Å². The summed E-state index contributed by atoms with van der Waals surface area (Å²) in [5.74, 6) is 0.946. The number of imidazole rings is 1. The number of carbonyl (C=O) groups excluding carboxylic acids is 2. The monoisotopic (exact) mass is 322 g/mol. The zero-order valence-electron chi connectivity index (χ0n) is 14.6. The molecule has 3 rings (SSSR count). The second-order valence-electron chi connectivity index (χ2n) is 6.52. The molecule has 124 valence electrons. The molecular weight excluding hydrogens is 300 g/mol. The molecule has 1 aromatic carbocycles. The predicted octanol–water partition coefficient (Wildman–Crippen LogP) is 4.00. The molecule has 0 aliphatic heterocycles. The van der Waals surface area contributed by atoms with Crippen LogP contribution in [0.5, 0.6) is 0 Å². The number of rotatable bonds is 4. The number of carbonyl (C=O) groups is 2. The van der Waals surface area contributed by atoms with Crippen molar-refractivity contribution in [1.29, 1.82) is 0 Å². The normalized spacial score (nSPS) is 15.8. The van der Waals surface area contributed by atoms with Crippen LogP contribution in [0.2, 0.25) is 0 Å². The molecule has 1 aliphatic rings. The van der Waals surface area contributed by atoms with Crippen molar-refractivity contribution < 1.29 is 9.59 Å². The van der Waals surface area contributed by atoms with Crippen LogP contribution in [0.1, 0.15) is 45.0 Å². The number of para-hydroxylation sites is 1. The van der Waals surface area contributed by atoms with Crippen LogP contribution >= 0.6 is 0 Å². The Morgan fingerprint density at radius 1 is 0.917 bits per heavy atom. The molecular formula is C20H22N2O2. The van der Waals surface area contributed by atoms with Crippen LogP contribution in [-0.2, 0) is 16.0 Å². The van der Waals surface area contributed by atoms with E-state index in [1.165, 1.54) is 0 Å². The van der Waals surface area contributed by atoms with Gasteiger partial charge in [-0.2, -0.15) is 0 Å². The highest BCUT2D eigenvalue weighted by Crippen LogP contribution is 2.27. The number of benzene rings is 1. The Labute approximate surface area is 141 Å². The summed E-state index contributed by atoms with van der Waals surface area (Å²) in [6, 6.07) is 6.08. The first-order chi connectivity index (χ1) is 11.4. The highest BCUT2D eigenvalue weighted by atomic mass is 16.1. The molecule has 0 fully saturated rings. The van der Waals surface area contributed by atoms with E-state index in [0.717, 1.165) is 35.3 Å². The SMILES string of the molecule is CC1=C(C)C(=O)C(CCCc2nc3c(C)cccc3[nH]2)=C(C)C1=O. The number of allylic oxidation sites excluding steroid dienone is 4. The average Bonchev–Trinajstić information content (AvgIpc) is 2.99. The summed E-state index contributed by atoms with van der Waals surface area (Å²) in [5, 5.41) is 0. The Balaban J connectivity index is 1.73. The van der Waals surface area contributed by atoms with Crippen molar-refractivity contribution in [3.8, 4) is 0 Å². The van der Waals surface area contributed by atoms with Gasteiger partial charge in [-0.05, 0) is 52.2 Å². The average molecular weight is 322 g/mol. The van der Waals surface area contributed by atoms with Gasteiger partial charge in [-0.1, -0.05) is 12.1 Å². The molecule has 0 radical (unpaired) electrons. The summed E-state index contributed by atoms with van der Waals surface area (Å²) in [6.07, 6.45) is 2.15. The topological polar surface area (TPSA) is 62.8 Å². The van der Waals surface area contributed by atoms with Gasteiger partial charge < -0.3 is 4.98 Å². The molecule has 4 nitrogen and oxygen atoms in total. The van der Waals surface area contributed by atoms with Crippen molar-refractivity contribution in [2.75, 3.05) is 0 Å². The molecule has 1 N–H and O–H groups in total. The highest BCUT2D eigenvalue weighted by Gasteiger charge is 2.27. The molecule has 0 bridgehead atoms. The third-order valence-electron chi connectivity index (χ3n) is 4.91. The lowest BCUT2D eigenvalue weighted by Crippen LogP contribution is -2.20. The number of Topliss-reactive ketones (excluding diaryl/α,β-unsaturated/α-hetero) is 2. The van der Waals surface area contributed by atoms with Crippen LogP contribution in [0.3, 0.4) is 0 Å². The lowest BCUT2D eigenvalue weighted by Gasteiger charge is -2.18. The van der Waals surface area contributed by atoms with Gasteiger partial charge in [0.1, 0.15) is 5.82 Å². The van der Waals surface area contributed by atoms with Crippen molar-refractivity contribution in [3.63, 3.8) is 0 Å². The first-order valence-corrected chi connectivity index (χ1v) is 8.31. The summed E-state index contributed by atoms with van der Waals surface area (Å²) in [6.45, 7) is 7.28. The predicted molar refractivity (Wildman–Crippen MR) is 94.9 cm³/mol. The summed E-state index contributed by atoms with van der Waals surface area (Å²) >= 11 is 0. The molecule has 4 heteroatoms. The van der Waals surface area contributed by atoms with E-state index in [-0.39, 0.29) is 11.6 Å². The Morgan fingerprint density at radius 2 is 1.62 bits per heavy atom. The molecule has 0 unspecified atom stereocenters. The Kier molecular flexibility index (Phi) is 4.22. The smallest absolute Gasteiger partial charge is 0.185 e. The Morgan fingerprint density at radius 3 is 2.33 bits per heavy atom. The summed E-state index contributed by atoms with van der Waals surface area (Å²) in [7, 11) is 0. The van der Waals surface area contributed by atoms with Crippen LogP contribution in [0, 0.1) is 6.92 Å². The van der Waals surface area contributed by atoms with Crippen molar-refractivity contribution in [1.82, 2.24) is 9.97 Å². The first kappa shape index (κ1) is 16.4. The molecule has 2 aromatic rings. The zero-order valence-corrected chi connectivity index (χ0v) is 14.6. The first-order valence-electron chi connectivity index (χ1n) is 8.31. The number of nitrogens with zero attached hydrogens (tertiary/aromatic N) is 1. The van der Waals surface area contributed by atoms with Gasteiger partial charge >= 0.3 is 0 Å². The van der Waals surface area contributed by atoms with Crippen molar-refractivity contribution >= 4 is 22.6 Å². The minimum Gasteiger partial charge on any atom is -0.342 e. The molecule has 0 atom stereocenters. The van der Waals surface area contributed by atoms with Crippen molar-refractivity contribution in [3.05, 3.63) is 51.9 Å². The third-order valence-corrected chi connectivity index (χ3v) is 4.91. The highest BCUT2D eigenvalue weighted by molar-refractivity contribution is 6.24. The summed E-state index contributed by atoms with van der Waals surface area (Å²) in [4.78, 5) is 32.6. The lowest BCUT2D eigenvalue weighted by atomic mass is 9.84. The van der Waals surface area contributed by atoms with E-state index in [2.05, 4.69) is 9.97 Å². The maximum Gasteiger partial charge on any atom is 0.185 e. The van der Waals surface area contributed by atoms with Crippen LogP contribution in [0.25, 0.3) is 11.0 Å². The quantitative estimate of drug-likeness (QED) is 0.865. The maximum absolute atomic E-state index is 12.4. The molecule has 0 saturated carbocycles. The van der Waals surface area contributed by atoms with Crippen molar-refractivity contribution in [2.45, 2.75) is 47.0 Å². The number of aromatic nitrogens is 2. The van der Waals surface area contributed by atoms with Gasteiger partial charge in [-0.15, -0.1) is 0 Å². The van der Waals surface area contributed by atoms with Crippen LogP contribution in [-0.4, -0.2) is 21.5 Å². The minimum atomic E-state index is 0.00135. The fraction of sp³-hybridized carbons (Fsp3) is 0.350. The number of hydrogen-bond acceptors (Lipinski definition) is 3. The minimum absolute atomic E-state index is 0.00135. The standard InChI is InChI=1S/C20H22N2O2/c1-11-7-5-9-16-18(11)22-17(21-16)10-6-8-15-14(4)19(23)12(2)13(3)20(15)24/h5,7,9H,6,8,10H2,1-4H3,(H,21,22). The number of ketones is 2. The summed E-state index contributed by atoms with van der Waals surface area (Å²) in [5.41, 5.74) is 5.62. The number of fused-ring (bicyclic) bond motifs is 1. The zero-order chi connectivity index (χ0) is 17.4. The van der Waals surface area contributed by atoms with E-state index in [0.29, 0.717) is 28.7 Å². The summed E-state index contributed by atoms with van der Waals surface area (Å²) < 4.78 is 0. The van der Waals surface area contributed by atoms with Gasteiger partial charge in [0, 0.05) is 28.7 Å². The fourth-order valence-electron chi connectivity index (χ4n) is 3.23. The third kappa shape index (κ3) is 2.73. The van der Waals surface area contributed by atoms with Crippen LogP contribution < -0.4 is 0 Å². The van der Waals surface area contributed by atoms with Gasteiger partial charge in [0.15, 0.2) is 11.6 Å². The Hall–Kier alpha value is -2.49. The Bertz CT molecular complexity index is 913. The maximum atomic E-state index is 12.4. The molecule has 24 heavy (non-hydrogen) atoms. The number of H-pyrrole nitrogens is 1. The molecule has 0 spiro atoms. The van der Waals surface area contributed by atoms with Crippen LogP contribution in [0.4, 0.5) is 0 Å². The van der Waals surface area contributed by atoms with E-state index in [1.807, 2.05) is 25.1 Å². The van der Waals surface area contributed by atoms with E-state index in [9.17, 15) is 9.59 Å². The number of aromatic amines is 1. The molecule has 1 aromatic heterocycles. The fourth-order valence-corrected chi connectivity index (χ4v) is 3.23. The number of aryl methyl sites for hydroxylation is 2. The molecule has 1 aliphatic carbocycles. The molecule has 0 saturated heterocycles.